The van der Waals surface area contributed by atoms with Crippen LogP contribution in [0.15, 0.2) is 33.9 Å². The molecule has 0 bridgehead atoms. The first kappa shape index (κ1) is 34.2. The number of rotatable bonds is 7. The van der Waals surface area contributed by atoms with Crippen LogP contribution < -0.4 is 21.1 Å². The SMILES string of the molecule is CN(C)C(=O)/C(N)=C(\Cl)C1=NCCCN(c2nc(OCC34CCCN3C[C@H](F)C4)nc3c2COC(c2cc(N)ccc2C(F)(F)F)C3)C1. The molecule has 5 heterocycles. The number of halogens is 5. The molecule has 6 rings (SSSR count). The molecular weight excluding hydrogens is 656 g/mol. The highest BCUT2D eigenvalue weighted by Gasteiger charge is 2.49. The van der Waals surface area contributed by atoms with Gasteiger partial charge in [-0.15, -0.1) is 0 Å². The molecule has 1 aromatic carbocycles. The van der Waals surface area contributed by atoms with E-state index in [2.05, 4.69) is 9.89 Å². The third-order valence-electron chi connectivity index (χ3n) is 9.47. The number of likely N-dealkylation sites (N-methyl/N-ethyl adjacent to an activating group) is 1. The van der Waals surface area contributed by atoms with Crippen LogP contribution in [0.4, 0.5) is 29.1 Å². The Morgan fingerprint density at radius 2 is 2.02 bits per heavy atom. The number of amides is 1. The van der Waals surface area contributed by atoms with E-state index in [-0.39, 0.29) is 54.2 Å². The van der Waals surface area contributed by atoms with Crippen molar-refractivity contribution in [2.45, 2.75) is 62.7 Å². The Morgan fingerprint density at radius 3 is 2.77 bits per heavy atom. The van der Waals surface area contributed by atoms with Gasteiger partial charge in [-0.1, -0.05) is 11.6 Å². The number of carbonyl (C=O) groups excluding carboxylic acids is 1. The fourth-order valence-corrected chi connectivity index (χ4v) is 7.31. The van der Waals surface area contributed by atoms with E-state index in [9.17, 15) is 22.4 Å². The number of hydrogen-bond donors (Lipinski definition) is 2. The maximum Gasteiger partial charge on any atom is 0.416 e. The molecule has 0 radical (unpaired) electrons. The lowest BCUT2D eigenvalue weighted by molar-refractivity contribution is -0.139. The van der Waals surface area contributed by atoms with E-state index < -0.39 is 35.5 Å². The number of carbonyl (C=O) groups is 1. The van der Waals surface area contributed by atoms with Crippen LogP contribution in [0, 0.1) is 0 Å². The summed E-state index contributed by atoms with van der Waals surface area (Å²) >= 11 is 6.62. The van der Waals surface area contributed by atoms with Gasteiger partial charge in [-0.25, -0.2) is 4.39 Å². The van der Waals surface area contributed by atoms with E-state index in [1.807, 2.05) is 4.90 Å². The van der Waals surface area contributed by atoms with Crippen molar-refractivity contribution >= 4 is 34.7 Å². The zero-order valence-electron chi connectivity index (χ0n) is 26.8. The van der Waals surface area contributed by atoms with E-state index in [1.165, 1.54) is 17.0 Å². The second kappa shape index (κ2) is 13.3. The molecule has 2 saturated heterocycles. The zero-order chi connectivity index (χ0) is 34.4. The second-order valence-corrected chi connectivity index (χ2v) is 13.4. The summed E-state index contributed by atoms with van der Waals surface area (Å²) in [6.07, 6.45) is -3.90. The largest absolute Gasteiger partial charge is 0.461 e. The average Bonchev–Trinajstić information content (AvgIpc) is 3.45. The highest BCUT2D eigenvalue weighted by Crippen LogP contribution is 2.43. The van der Waals surface area contributed by atoms with Gasteiger partial charge in [0.25, 0.3) is 5.91 Å². The molecule has 4 aliphatic heterocycles. The lowest BCUT2D eigenvalue weighted by Crippen LogP contribution is -2.43. The van der Waals surface area contributed by atoms with Crippen LogP contribution in [0.1, 0.15) is 54.2 Å². The Morgan fingerprint density at radius 1 is 1.23 bits per heavy atom. The fraction of sp³-hybridized carbons (Fsp3) is 0.562. The molecule has 11 nitrogen and oxygen atoms in total. The molecule has 0 spiro atoms. The van der Waals surface area contributed by atoms with Gasteiger partial charge in [0.05, 0.1) is 46.8 Å². The van der Waals surface area contributed by atoms with E-state index in [4.69, 9.17) is 42.5 Å². The number of hydrogen-bond acceptors (Lipinski definition) is 10. The predicted octanol–water partition coefficient (Wildman–Crippen LogP) is 4.00. The molecule has 0 aliphatic carbocycles. The Hall–Kier alpha value is -3.69. The van der Waals surface area contributed by atoms with Crippen LogP contribution in [-0.2, 0) is 28.7 Å². The Kier molecular flexibility index (Phi) is 9.48. The number of anilines is 2. The van der Waals surface area contributed by atoms with Gasteiger partial charge >= 0.3 is 12.2 Å². The predicted molar refractivity (Wildman–Crippen MR) is 173 cm³/mol. The summed E-state index contributed by atoms with van der Waals surface area (Å²) in [4.78, 5) is 32.0. The summed E-state index contributed by atoms with van der Waals surface area (Å²) in [6, 6.07) is 3.48. The number of aromatic nitrogens is 2. The average molecular weight is 695 g/mol. The minimum absolute atomic E-state index is 0.00268. The van der Waals surface area contributed by atoms with Crippen molar-refractivity contribution in [1.82, 2.24) is 19.8 Å². The Labute approximate surface area is 280 Å². The minimum atomic E-state index is -4.62. The third kappa shape index (κ3) is 6.77. The van der Waals surface area contributed by atoms with Crippen molar-refractivity contribution in [3.63, 3.8) is 0 Å². The highest BCUT2D eigenvalue weighted by molar-refractivity contribution is 6.45. The number of benzene rings is 1. The molecule has 2 aromatic rings. The van der Waals surface area contributed by atoms with Crippen molar-refractivity contribution in [2.24, 2.45) is 10.7 Å². The van der Waals surface area contributed by atoms with Crippen molar-refractivity contribution in [2.75, 3.05) is 64.1 Å². The van der Waals surface area contributed by atoms with Gasteiger partial charge in [-0.05, 0) is 49.6 Å². The van der Waals surface area contributed by atoms with Gasteiger partial charge in [0, 0.05) is 57.8 Å². The van der Waals surface area contributed by atoms with Crippen LogP contribution in [0.3, 0.4) is 0 Å². The lowest BCUT2D eigenvalue weighted by atomic mass is 9.94. The summed E-state index contributed by atoms with van der Waals surface area (Å²) in [7, 11) is 3.13. The fourth-order valence-electron chi connectivity index (χ4n) is 7.10. The topological polar surface area (TPSA) is 135 Å². The second-order valence-electron chi connectivity index (χ2n) is 13.0. The molecule has 3 atom stereocenters. The number of nitrogens with two attached hydrogens (primary N) is 2. The van der Waals surface area contributed by atoms with Crippen LogP contribution in [0.2, 0.25) is 0 Å². The smallest absolute Gasteiger partial charge is 0.416 e. The van der Waals surface area contributed by atoms with Gasteiger partial charge in [0.1, 0.15) is 24.3 Å². The normalized spacial score (nSPS) is 25.1. The molecular formula is C32H39ClF4N8O3. The quantitative estimate of drug-likeness (QED) is 0.251. The molecule has 0 saturated carbocycles. The third-order valence-corrected chi connectivity index (χ3v) is 9.89. The van der Waals surface area contributed by atoms with Gasteiger partial charge in [-0.2, -0.15) is 23.1 Å². The van der Waals surface area contributed by atoms with Crippen molar-refractivity contribution in [1.29, 1.82) is 0 Å². The van der Waals surface area contributed by atoms with Crippen molar-refractivity contribution in [3.8, 4) is 6.01 Å². The summed E-state index contributed by atoms with van der Waals surface area (Å²) in [5.41, 5.74) is 12.1. The molecule has 2 fully saturated rings. The lowest BCUT2D eigenvalue weighted by Gasteiger charge is -2.33. The van der Waals surface area contributed by atoms with Crippen molar-refractivity contribution in [3.05, 3.63) is 51.3 Å². The van der Waals surface area contributed by atoms with Gasteiger partial charge in [0.15, 0.2) is 0 Å². The molecule has 4 aliphatic rings. The molecule has 16 heteroatoms. The summed E-state index contributed by atoms with van der Waals surface area (Å²) in [6.45, 7) is 2.26. The Bertz CT molecular complexity index is 1640. The van der Waals surface area contributed by atoms with Crippen molar-refractivity contribution < 1.29 is 31.8 Å². The Balaban J connectivity index is 1.37. The first-order valence-corrected chi connectivity index (χ1v) is 16.3. The number of nitrogens with zero attached hydrogens (tertiary/aromatic N) is 6. The molecule has 4 N–H and O–H groups in total. The molecule has 48 heavy (non-hydrogen) atoms. The van der Waals surface area contributed by atoms with E-state index in [0.717, 1.165) is 25.5 Å². The molecule has 2 unspecified atom stereocenters. The summed E-state index contributed by atoms with van der Waals surface area (Å²) in [5.74, 6) is -0.0141. The van der Waals surface area contributed by atoms with E-state index in [1.54, 1.807) is 14.1 Å². The van der Waals surface area contributed by atoms with E-state index in [0.29, 0.717) is 55.3 Å². The molecule has 1 aromatic heterocycles. The van der Waals surface area contributed by atoms with Crippen LogP contribution in [0.5, 0.6) is 6.01 Å². The van der Waals surface area contributed by atoms with Gasteiger partial charge < -0.3 is 30.7 Å². The minimum Gasteiger partial charge on any atom is -0.461 e. The van der Waals surface area contributed by atoms with Gasteiger partial charge in [0.2, 0.25) is 0 Å². The highest BCUT2D eigenvalue weighted by atomic mass is 35.5. The number of aliphatic imine (C=N–C) groups is 1. The number of fused-ring (bicyclic) bond motifs is 2. The van der Waals surface area contributed by atoms with Crippen LogP contribution in [-0.4, -0.2) is 96.5 Å². The maximum atomic E-state index is 14.5. The number of nitrogen functional groups attached to an aromatic ring is 1. The van der Waals surface area contributed by atoms with Crippen LogP contribution >= 0.6 is 11.6 Å². The number of alkyl halides is 4. The zero-order valence-corrected chi connectivity index (χ0v) is 27.6. The molecule has 1 amide bonds. The first-order chi connectivity index (χ1) is 22.8. The van der Waals surface area contributed by atoms with E-state index >= 15 is 0 Å². The molecule has 260 valence electrons. The maximum absolute atomic E-state index is 14.5. The first-order valence-electron chi connectivity index (χ1n) is 15.9. The number of ether oxygens (including phenoxy) is 2. The van der Waals surface area contributed by atoms with Gasteiger partial charge in [-0.3, -0.25) is 14.7 Å². The standard InChI is InChI=1S/C32H39ClF4N8O3/c1-43(2)29(46)27(39)26(33)24-15-44(9-4-8-40-24)28-21-16-47-25(20-11-19(38)5-6-22(20)32(35,36)37)12-23(21)41-30(42-28)48-17-31-7-3-10-45(31)14-18(34)13-31/h5-6,11,18,25H,3-4,7-10,12-17,38-39H2,1-2H3/b27-26+/t18-,25?,31?/m1/s1. The monoisotopic (exact) mass is 694 g/mol. The summed E-state index contributed by atoms with van der Waals surface area (Å²) < 4.78 is 68.9. The van der Waals surface area contributed by atoms with Crippen LogP contribution in [0.25, 0.3) is 0 Å². The summed E-state index contributed by atoms with van der Waals surface area (Å²) in [5, 5.41) is 0.0279.